The molecule has 1 heterocycles. The number of amides is 1. The van der Waals surface area contributed by atoms with Gasteiger partial charge in [-0.3, -0.25) is 4.79 Å². The zero-order valence-electron chi connectivity index (χ0n) is 17.5. The molecular weight excluding hydrogens is 420 g/mol. The predicted molar refractivity (Wildman–Crippen MR) is 114 cm³/mol. The SMILES string of the molecule is C[C@@H]1CN(C(=O)COC(=O)c2cccc(S(=O)(=O)NCc3ccccc3)c2)C[C@H](C)O1. The topological polar surface area (TPSA) is 102 Å². The fraction of sp³-hybridized carbons (Fsp3) is 0.364. The third-order valence-electron chi connectivity index (χ3n) is 4.79. The number of benzene rings is 2. The number of sulfonamides is 1. The summed E-state index contributed by atoms with van der Waals surface area (Å²) >= 11 is 0. The number of hydrogen-bond acceptors (Lipinski definition) is 6. The molecule has 0 aromatic heterocycles. The highest BCUT2D eigenvalue weighted by atomic mass is 32.2. The molecule has 0 aliphatic carbocycles. The lowest BCUT2D eigenvalue weighted by atomic mass is 10.2. The van der Waals surface area contributed by atoms with Crippen LogP contribution in [0.15, 0.2) is 59.5 Å². The van der Waals surface area contributed by atoms with Gasteiger partial charge in [-0.1, -0.05) is 36.4 Å². The zero-order chi connectivity index (χ0) is 22.4. The second-order valence-corrected chi connectivity index (χ2v) is 9.24. The summed E-state index contributed by atoms with van der Waals surface area (Å²) in [7, 11) is -3.82. The van der Waals surface area contributed by atoms with Crippen molar-refractivity contribution in [2.45, 2.75) is 37.5 Å². The van der Waals surface area contributed by atoms with Gasteiger partial charge in [-0.05, 0) is 37.6 Å². The summed E-state index contributed by atoms with van der Waals surface area (Å²) in [4.78, 5) is 26.3. The third-order valence-corrected chi connectivity index (χ3v) is 6.19. The molecule has 9 heteroatoms. The summed E-state index contributed by atoms with van der Waals surface area (Å²) in [6.45, 7) is 4.33. The van der Waals surface area contributed by atoms with Crippen LogP contribution in [0.4, 0.5) is 0 Å². The summed E-state index contributed by atoms with van der Waals surface area (Å²) in [6, 6.07) is 14.6. The molecule has 1 amide bonds. The fourth-order valence-corrected chi connectivity index (χ4v) is 4.39. The van der Waals surface area contributed by atoms with E-state index in [1.807, 2.05) is 44.2 Å². The van der Waals surface area contributed by atoms with Crippen molar-refractivity contribution >= 4 is 21.9 Å². The van der Waals surface area contributed by atoms with Crippen LogP contribution < -0.4 is 4.72 Å². The van der Waals surface area contributed by atoms with E-state index in [4.69, 9.17) is 9.47 Å². The van der Waals surface area contributed by atoms with Crippen LogP contribution in [0.25, 0.3) is 0 Å². The molecule has 8 nitrogen and oxygen atoms in total. The molecule has 0 unspecified atom stereocenters. The van der Waals surface area contributed by atoms with Gasteiger partial charge in [-0.25, -0.2) is 17.9 Å². The van der Waals surface area contributed by atoms with Crippen LogP contribution in [0.3, 0.4) is 0 Å². The van der Waals surface area contributed by atoms with Gasteiger partial charge >= 0.3 is 5.97 Å². The van der Waals surface area contributed by atoms with Gasteiger partial charge in [0, 0.05) is 19.6 Å². The van der Waals surface area contributed by atoms with Crippen molar-refractivity contribution in [1.82, 2.24) is 9.62 Å². The van der Waals surface area contributed by atoms with Crippen LogP contribution in [-0.2, 0) is 30.8 Å². The van der Waals surface area contributed by atoms with Gasteiger partial charge in [0.05, 0.1) is 22.7 Å². The Morgan fingerprint density at radius 3 is 2.42 bits per heavy atom. The van der Waals surface area contributed by atoms with E-state index in [-0.39, 0.29) is 35.1 Å². The van der Waals surface area contributed by atoms with E-state index in [9.17, 15) is 18.0 Å². The van der Waals surface area contributed by atoms with E-state index in [2.05, 4.69) is 4.72 Å². The molecule has 0 bridgehead atoms. The molecule has 1 saturated heterocycles. The smallest absolute Gasteiger partial charge is 0.338 e. The number of nitrogens with one attached hydrogen (secondary N) is 1. The van der Waals surface area contributed by atoms with E-state index >= 15 is 0 Å². The predicted octanol–water partition coefficient (Wildman–Crippen LogP) is 1.96. The maximum Gasteiger partial charge on any atom is 0.338 e. The van der Waals surface area contributed by atoms with Crippen molar-refractivity contribution in [3.63, 3.8) is 0 Å². The van der Waals surface area contributed by atoms with Crippen molar-refractivity contribution < 1.29 is 27.5 Å². The average Bonchev–Trinajstić information content (AvgIpc) is 2.76. The lowest BCUT2D eigenvalue weighted by Gasteiger charge is -2.35. The van der Waals surface area contributed by atoms with Crippen molar-refractivity contribution in [2.75, 3.05) is 19.7 Å². The molecule has 3 rings (SSSR count). The van der Waals surface area contributed by atoms with Crippen LogP contribution in [0.2, 0.25) is 0 Å². The molecule has 1 aliphatic rings. The van der Waals surface area contributed by atoms with Gasteiger partial charge in [0.2, 0.25) is 10.0 Å². The fourth-order valence-electron chi connectivity index (χ4n) is 3.33. The lowest BCUT2D eigenvalue weighted by molar-refractivity contribution is -0.146. The first kappa shape index (κ1) is 22.9. The molecule has 1 fully saturated rings. The van der Waals surface area contributed by atoms with Crippen LogP contribution in [0.1, 0.15) is 29.8 Å². The number of ether oxygens (including phenoxy) is 2. The Labute approximate surface area is 182 Å². The Morgan fingerprint density at radius 2 is 1.74 bits per heavy atom. The van der Waals surface area contributed by atoms with Crippen LogP contribution >= 0.6 is 0 Å². The minimum atomic E-state index is -3.82. The zero-order valence-corrected chi connectivity index (χ0v) is 18.3. The molecule has 2 atom stereocenters. The highest BCUT2D eigenvalue weighted by Crippen LogP contribution is 2.14. The van der Waals surface area contributed by atoms with Crippen LogP contribution in [0.5, 0.6) is 0 Å². The van der Waals surface area contributed by atoms with Crippen molar-refractivity contribution in [3.05, 3.63) is 65.7 Å². The van der Waals surface area contributed by atoms with Gasteiger partial charge < -0.3 is 14.4 Å². The average molecular weight is 447 g/mol. The molecular formula is C22H26N2O6S. The summed E-state index contributed by atoms with van der Waals surface area (Å²) in [5, 5.41) is 0. The number of carbonyl (C=O) groups is 2. The van der Waals surface area contributed by atoms with Gasteiger partial charge in [0.25, 0.3) is 5.91 Å². The summed E-state index contributed by atoms with van der Waals surface area (Å²) in [5.74, 6) is -1.08. The van der Waals surface area contributed by atoms with Gasteiger partial charge in [-0.2, -0.15) is 0 Å². The molecule has 0 radical (unpaired) electrons. The van der Waals surface area contributed by atoms with Crippen molar-refractivity contribution in [3.8, 4) is 0 Å². The quantitative estimate of drug-likeness (QED) is 0.653. The molecule has 1 N–H and O–H groups in total. The van der Waals surface area contributed by atoms with E-state index in [1.54, 1.807) is 4.90 Å². The largest absolute Gasteiger partial charge is 0.452 e. The van der Waals surface area contributed by atoms with Gasteiger partial charge in [0.15, 0.2) is 6.61 Å². The minimum Gasteiger partial charge on any atom is -0.452 e. The second-order valence-electron chi connectivity index (χ2n) is 7.47. The number of hydrogen-bond donors (Lipinski definition) is 1. The van der Waals surface area contributed by atoms with Crippen LogP contribution in [-0.4, -0.2) is 57.1 Å². The number of nitrogens with zero attached hydrogens (tertiary/aromatic N) is 1. The molecule has 31 heavy (non-hydrogen) atoms. The highest BCUT2D eigenvalue weighted by Gasteiger charge is 2.26. The van der Waals surface area contributed by atoms with Gasteiger partial charge in [0.1, 0.15) is 0 Å². The Balaban J connectivity index is 1.59. The first-order valence-corrected chi connectivity index (χ1v) is 11.5. The van der Waals surface area contributed by atoms with Crippen molar-refractivity contribution in [2.24, 2.45) is 0 Å². The molecule has 2 aromatic rings. The first-order valence-electron chi connectivity index (χ1n) is 9.98. The van der Waals surface area contributed by atoms with E-state index in [1.165, 1.54) is 24.3 Å². The molecule has 2 aromatic carbocycles. The van der Waals surface area contributed by atoms with E-state index in [0.717, 1.165) is 5.56 Å². The highest BCUT2D eigenvalue weighted by molar-refractivity contribution is 7.89. The summed E-state index contributed by atoms with van der Waals surface area (Å²) < 4.78 is 38.4. The Hall–Kier alpha value is -2.75. The molecule has 0 saturated carbocycles. The number of carbonyl (C=O) groups excluding carboxylic acids is 2. The Bertz CT molecular complexity index is 1020. The van der Waals surface area contributed by atoms with Crippen molar-refractivity contribution in [1.29, 1.82) is 0 Å². The first-order chi connectivity index (χ1) is 14.7. The minimum absolute atomic E-state index is 0.0547. The molecule has 0 spiro atoms. The second kappa shape index (κ2) is 10.0. The number of rotatable bonds is 7. The lowest BCUT2D eigenvalue weighted by Crippen LogP contribution is -2.49. The standard InChI is InChI=1S/C22H26N2O6S/c1-16-13-24(14-17(2)30-16)21(25)15-29-22(26)19-9-6-10-20(11-19)31(27,28)23-12-18-7-4-3-5-8-18/h3-11,16-17,23H,12-15H2,1-2H3/t16-,17+. The monoisotopic (exact) mass is 446 g/mol. The van der Waals surface area contributed by atoms with E-state index in [0.29, 0.717) is 13.1 Å². The molecule has 166 valence electrons. The number of esters is 1. The molecule has 1 aliphatic heterocycles. The Kier molecular flexibility index (Phi) is 7.42. The summed E-state index contributed by atoms with van der Waals surface area (Å²) in [5.41, 5.74) is 0.867. The maximum atomic E-state index is 12.6. The normalized spacial score (nSPS) is 19.1. The number of morpholine rings is 1. The third kappa shape index (κ3) is 6.36. The van der Waals surface area contributed by atoms with E-state index < -0.39 is 22.6 Å². The summed E-state index contributed by atoms with van der Waals surface area (Å²) in [6.07, 6.45) is -0.178. The Morgan fingerprint density at radius 1 is 1.06 bits per heavy atom. The van der Waals surface area contributed by atoms with Gasteiger partial charge in [-0.15, -0.1) is 0 Å². The van der Waals surface area contributed by atoms with Crippen LogP contribution in [0, 0.1) is 0 Å². The maximum absolute atomic E-state index is 12.6.